The molecule has 128 valence electrons. The summed E-state index contributed by atoms with van der Waals surface area (Å²) in [5.74, 6) is -1.75. The SMILES string of the molecule is CC(C)c1cc(C(=O)NC(CC(=O)O)c2ccc(F)cc2)nn1C. The zero-order chi connectivity index (χ0) is 17.9. The standard InChI is InChI=1S/C17H20FN3O3/c1-10(2)15-8-14(20-21(15)3)17(24)19-13(9-16(22)23)11-4-6-12(18)7-5-11/h4-8,10,13H,9H2,1-3H3,(H,19,24)(H,22,23). The van der Waals surface area contributed by atoms with Gasteiger partial charge in [-0.15, -0.1) is 0 Å². The largest absolute Gasteiger partial charge is 0.481 e. The number of nitrogens with zero attached hydrogens (tertiary/aromatic N) is 2. The molecule has 6 nitrogen and oxygen atoms in total. The lowest BCUT2D eigenvalue weighted by molar-refractivity contribution is -0.137. The molecular formula is C17H20FN3O3. The summed E-state index contributed by atoms with van der Waals surface area (Å²) in [4.78, 5) is 23.5. The molecule has 1 aromatic heterocycles. The second-order valence-electron chi connectivity index (χ2n) is 5.91. The Morgan fingerprint density at radius 1 is 1.29 bits per heavy atom. The smallest absolute Gasteiger partial charge is 0.305 e. The molecule has 1 unspecified atom stereocenters. The molecule has 2 N–H and O–H groups in total. The van der Waals surface area contributed by atoms with Gasteiger partial charge in [-0.2, -0.15) is 5.10 Å². The number of aryl methyl sites for hydroxylation is 1. The first-order chi connectivity index (χ1) is 11.3. The first kappa shape index (κ1) is 17.7. The zero-order valence-electron chi connectivity index (χ0n) is 13.8. The average Bonchev–Trinajstić information content (AvgIpc) is 2.89. The third kappa shape index (κ3) is 4.18. The van der Waals surface area contributed by atoms with Crippen LogP contribution < -0.4 is 5.32 Å². The molecule has 0 bridgehead atoms. The van der Waals surface area contributed by atoms with Gasteiger partial charge in [-0.25, -0.2) is 4.39 Å². The van der Waals surface area contributed by atoms with Crippen LogP contribution >= 0.6 is 0 Å². The summed E-state index contributed by atoms with van der Waals surface area (Å²) in [7, 11) is 1.75. The van der Waals surface area contributed by atoms with E-state index in [1.807, 2.05) is 13.8 Å². The Labute approximate surface area is 139 Å². The number of amides is 1. The van der Waals surface area contributed by atoms with E-state index in [0.717, 1.165) is 5.69 Å². The number of halogens is 1. The zero-order valence-corrected chi connectivity index (χ0v) is 13.8. The third-order valence-electron chi connectivity index (χ3n) is 3.70. The van der Waals surface area contributed by atoms with Crippen LogP contribution in [0.2, 0.25) is 0 Å². The van der Waals surface area contributed by atoms with Crippen molar-refractivity contribution in [2.75, 3.05) is 0 Å². The fraction of sp³-hybridized carbons (Fsp3) is 0.353. The number of hydrogen-bond acceptors (Lipinski definition) is 3. The number of nitrogens with one attached hydrogen (secondary N) is 1. The molecule has 0 radical (unpaired) electrons. The number of carboxylic acids is 1. The van der Waals surface area contributed by atoms with Gasteiger partial charge < -0.3 is 10.4 Å². The highest BCUT2D eigenvalue weighted by molar-refractivity contribution is 5.93. The Hall–Kier alpha value is -2.70. The number of aromatic nitrogens is 2. The maximum atomic E-state index is 13.0. The molecule has 0 saturated carbocycles. The highest BCUT2D eigenvalue weighted by atomic mass is 19.1. The van der Waals surface area contributed by atoms with E-state index in [1.165, 1.54) is 24.3 Å². The maximum Gasteiger partial charge on any atom is 0.305 e. The van der Waals surface area contributed by atoms with Crippen LogP contribution in [0, 0.1) is 5.82 Å². The van der Waals surface area contributed by atoms with E-state index in [1.54, 1.807) is 17.8 Å². The molecule has 0 saturated heterocycles. The Balaban J connectivity index is 2.22. The number of aliphatic carboxylic acids is 1. The van der Waals surface area contributed by atoms with Crippen molar-refractivity contribution in [1.82, 2.24) is 15.1 Å². The summed E-state index contributed by atoms with van der Waals surface area (Å²) in [6, 6.07) is 6.30. The molecule has 2 aromatic rings. The van der Waals surface area contributed by atoms with E-state index < -0.39 is 23.7 Å². The summed E-state index contributed by atoms with van der Waals surface area (Å²) >= 11 is 0. The first-order valence-electron chi connectivity index (χ1n) is 7.60. The summed E-state index contributed by atoms with van der Waals surface area (Å²) in [5, 5.41) is 15.9. The fourth-order valence-electron chi connectivity index (χ4n) is 2.49. The molecule has 1 amide bonds. The number of hydrogen-bond donors (Lipinski definition) is 2. The van der Waals surface area contributed by atoms with Gasteiger partial charge in [-0.05, 0) is 29.7 Å². The predicted molar refractivity (Wildman–Crippen MR) is 86.2 cm³/mol. The summed E-state index contributed by atoms with van der Waals surface area (Å²) < 4.78 is 14.7. The molecule has 1 atom stereocenters. The van der Waals surface area contributed by atoms with E-state index in [9.17, 15) is 14.0 Å². The molecule has 0 aliphatic heterocycles. The number of rotatable bonds is 6. The maximum absolute atomic E-state index is 13.0. The quantitative estimate of drug-likeness (QED) is 0.851. The van der Waals surface area contributed by atoms with Crippen molar-refractivity contribution >= 4 is 11.9 Å². The van der Waals surface area contributed by atoms with Crippen LogP contribution in [0.15, 0.2) is 30.3 Å². The molecule has 0 aliphatic rings. The van der Waals surface area contributed by atoms with Crippen molar-refractivity contribution in [2.24, 2.45) is 7.05 Å². The van der Waals surface area contributed by atoms with Crippen LogP contribution in [0.25, 0.3) is 0 Å². The number of carboxylic acid groups (broad SMARTS) is 1. The van der Waals surface area contributed by atoms with Crippen molar-refractivity contribution in [3.05, 3.63) is 53.1 Å². The minimum atomic E-state index is -1.06. The van der Waals surface area contributed by atoms with Gasteiger partial charge in [0.05, 0.1) is 12.5 Å². The fourth-order valence-corrected chi connectivity index (χ4v) is 2.49. The van der Waals surface area contributed by atoms with Gasteiger partial charge in [0.1, 0.15) is 11.5 Å². The van der Waals surface area contributed by atoms with Gasteiger partial charge in [0.25, 0.3) is 5.91 Å². The molecular weight excluding hydrogens is 313 g/mol. The monoisotopic (exact) mass is 333 g/mol. The van der Waals surface area contributed by atoms with Gasteiger partial charge in [0, 0.05) is 12.7 Å². The van der Waals surface area contributed by atoms with Crippen LogP contribution in [0.5, 0.6) is 0 Å². The van der Waals surface area contributed by atoms with Gasteiger partial charge >= 0.3 is 5.97 Å². The molecule has 0 spiro atoms. The molecule has 1 aromatic carbocycles. The minimum absolute atomic E-state index is 0.205. The summed E-state index contributed by atoms with van der Waals surface area (Å²) in [6.45, 7) is 3.98. The lowest BCUT2D eigenvalue weighted by Gasteiger charge is -2.16. The Kier molecular flexibility index (Phi) is 5.33. The molecule has 1 heterocycles. The van der Waals surface area contributed by atoms with Crippen molar-refractivity contribution in [3.8, 4) is 0 Å². The lowest BCUT2D eigenvalue weighted by Crippen LogP contribution is -2.30. The van der Waals surface area contributed by atoms with Crippen LogP contribution in [-0.2, 0) is 11.8 Å². The Morgan fingerprint density at radius 3 is 2.42 bits per heavy atom. The van der Waals surface area contributed by atoms with Gasteiger partial charge in [-0.1, -0.05) is 26.0 Å². The average molecular weight is 333 g/mol. The normalized spacial score (nSPS) is 12.2. The third-order valence-corrected chi connectivity index (χ3v) is 3.70. The van der Waals surface area contributed by atoms with Crippen LogP contribution in [-0.4, -0.2) is 26.8 Å². The molecule has 2 rings (SSSR count). The second kappa shape index (κ2) is 7.25. The van der Waals surface area contributed by atoms with E-state index >= 15 is 0 Å². The minimum Gasteiger partial charge on any atom is -0.481 e. The second-order valence-corrected chi connectivity index (χ2v) is 5.91. The Bertz CT molecular complexity index is 738. The Morgan fingerprint density at radius 2 is 1.92 bits per heavy atom. The highest BCUT2D eigenvalue weighted by Gasteiger charge is 2.21. The molecule has 24 heavy (non-hydrogen) atoms. The topological polar surface area (TPSA) is 84.2 Å². The van der Waals surface area contributed by atoms with E-state index in [-0.39, 0.29) is 18.0 Å². The number of benzene rings is 1. The van der Waals surface area contributed by atoms with Crippen LogP contribution in [0.3, 0.4) is 0 Å². The number of carbonyl (C=O) groups is 2. The molecule has 7 heteroatoms. The predicted octanol–water partition coefficient (Wildman–Crippen LogP) is 2.63. The summed E-state index contributed by atoms with van der Waals surface area (Å²) in [5.41, 5.74) is 1.64. The molecule has 0 fully saturated rings. The van der Waals surface area contributed by atoms with Gasteiger partial charge in [-0.3, -0.25) is 14.3 Å². The van der Waals surface area contributed by atoms with Crippen molar-refractivity contribution in [3.63, 3.8) is 0 Å². The van der Waals surface area contributed by atoms with E-state index in [4.69, 9.17) is 5.11 Å². The van der Waals surface area contributed by atoms with Crippen molar-refractivity contribution < 1.29 is 19.1 Å². The highest BCUT2D eigenvalue weighted by Crippen LogP contribution is 2.19. The number of carbonyl (C=O) groups excluding carboxylic acids is 1. The van der Waals surface area contributed by atoms with Gasteiger partial charge in [0.2, 0.25) is 0 Å². The first-order valence-corrected chi connectivity index (χ1v) is 7.60. The van der Waals surface area contributed by atoms with Crippen LogP contribution in [0.4, 0.5) is 4.39 Å². The van der Waals surface area contributed by atoms with Crippen LogP contribution in [0.1, 0.15) is 54.0 Å². The molecule has 0 aliphatic carbocycles. The summed E-state index contributed by atoms with van der Waals surface area (Å²) in [6.07, 6.45) is -0.304. The van der Waals surface area contributed by atoms with Gasteiger partial charge in [0.15, 0.2) is 0 Å². The van der Waals surface area contributed by atoms with Crippen molar-refractivity contribution in [2.45, 2.75) is 32.2 Å². The van der Waals surface area contributed by atoms with E-state index in [0.29, 0.717) is 5.56 Å². The van der Waals surface area contributed by atoms with Crippen molar-refractivity contribution in [1.29, 1.82) is 0 Å². The lowest BCUT2D eigenvalue weighted by atomic mass is 10.0. The van der Waals surface area contributed by atoms with E-state index in [2.05, 4.69) is 10.4 Å².